The quantitative estimate of drug-likeness (QED) is 0.543. The molecule has 0 saturated carbocycles. The number of nitrogens with zero attached hydrogens (tertiary/aromatic N) is 4. The number of aromatic nitrogens is 4. The van der Waals surface area contributed by atoms with Crippen LogP contribution in [0.3, 0.4) is 0 Å². The van der Waals surface area contributed by atoms with Gasteiger partial charge in [-0.3, -0.25) is 9.38 Å². The molecule has 0 saturated heterocycles. The maximum absolute atomic E-state index is 10.9. The molecule has 2 N–H and O–H groups in total. The molecule has 1 unspecified atom stereocenters. The molecule has 1 aliphatic carbocycles. The molecule has 0 fully saturated rings. The van der Waals surface area contributed by atoms with Crippen molar-refractivity contribution in [2.75, 3.05) is 5.32 Å². The van der Waals surface area contributed by atoms with Gasteiger partial charge in [0, 0.05) is 24.3 Å². The van der Waals surface area contributed by atoms with Gasteiger partial charge in [-0.25, -0.2) is 4.98 Å². The highest BCUT2D eigenvalue weighted by atomic mass is 16.3. The van der Waals surface area contributed by atoms with E-state index in [1.165, 1.54) is 5.56 Å². The van der Waals surface area contributed by atoms with E-state index in [1.54, 1.807) is 12.4 Å². The number of nitroso groups, excluding NO2 is 1. The molecular formula is C19H16N6O. The third-order valence-corrected chi connectivity index (χ3v) is 4.86. The smallest absolute Gasteiger partial charge is 0.157 e. The second-order valence-electron chi connectivity index (χ2n) is 6.40. The maximum atomic E-state index is 10.9. The Labute approximate surface area is 149 Å². The molecule has 4 aromatic rings. The highest BCUT2D eigenvalue weighted by Crippen LogP contribution is 2.37. The summed E-state index contributed by atoms with van der Waals surface area (Å²) < 4.78 is 1.98. The van der Waals surface area contributed by atoms with Crippen molar-refractivity contribution in [2.24, 2.45) is 5.18 Å². The Hall–Kier alpha value is -3.48. The van der Waals surface area contributed by atoms with Gasteiger partial charge in [0.05, 0.1) is 11.9 Å². The van der Waals surface area contributed by atoms with E-state index < -0.39 is 0 Å². The molecule has 0 bridgehead atoms. The fraction of sp³-hybridized carbons (Fsp3) is 0.158. The lowest BCUT2D eigenvalue weighted by Crippen LogP contribution is -1.98. The minimum absolute atomic E-state index is 0.213. The number of H-pyrrole nitrogens is 1. The summed E-state index contributed by atoms with van der Waals surface area (Å²) >= 11 is 0. The molecule has 1 aliphatic rings. The molecule has 7 nitrogen and oxygen atoms in total. The molecule has 128 valence electrons. The minimum Gasteiger partial charge on any atom is -0.360 e. The van der Waals surface area contributed by atoms with E-state index in [4.69, 9.17) is 4.98 Å². The Morgan fingerprint density at radius 2 is 2.27 bits per heavy atom. The SMILES string of the molecule is O=NC1CCc2cc(Nc3c(-c4ccc[nH]4)nc4cnccn34)ccc21. The number of benzene rings is 1. The Morgan fingerprint density at radius 1 is 1.31 bits per heavy atom. The number of nitrogens with one attached hydrogen (secondary N) is 2. The molecule has 0 amide bonds. The summed E-state index contributed by atoms with van der Waals surface area (Å²) in [5.41, 5.74) is 5.71. The lowest BCUT2D eigenvalue weighted by Gasteiger charge is -2.10. The number of fused-ring (bicyclic) bond motifs is 2. The van der Waals surface area contributed by atoms with Crippen LogP contribution in [0.4, 0.5) is 11.5 Å². The molecule has 3 heterocycles. The topological polar surface area (TPSA) is 87.4 Å². The molecule has 0 radical (unpaired) electrons. The average molecular weight is 344 g/mol. The number of imidazole rings is 1. The van der Waals surface area contributed by atoms with Gasteiger partial charge >= 0.3 is 0 Å². The van der Waals surface area contributed by atoms with Crippen molar-refractivity contribution in [3.8, 4) is 11.4 Å². The van der Waals surface area contributed by atoms with Crippen LogP contribution in [0.5, 0.6) is 0 Å². The molecule has 1 aromatic carbocycles. The zero-order valence-corrected chi connectivity index (χ0v) is 13.9. The van der Waals surface area contributed by atoms with Crippen molar-refractivity contribution in [1.29, 1.82) is 0 Å². The van der Waals surface area contributed by atoms with Crippen LogP contribution in [0, 0.1) is 4.91 Å². The van der Waals surface area contributed by atoms with Crippen LogP contribution in [-0.4, -0.2) is 19.4 Å². The molecule has 3 aromatic heterocycles. The number of hydrogen-bond acceptors (Lipinski definition) is 5. The summed E-state index contributed by atoms with van der Waals surface area (Å²) in [5, 5.41) is 6.72. The Kier molecular flexibility index (Phi) is 3.31. The zero-order valence-electron chi connectivity index (χ0n) is 13.9. The molecule has 0 spiro atoms. The summed E-state index contributed by atoms with van der Waals surface area (Å²) in [6, 6.07) is 9.80. The number of hydrogen-bond donors (Lipinski definition) is 2. The lowest BCUT2D eigenvalue weighted by atomic mass is 10.1. The maximum Gasteiger partial charge on any atom is 0.157 e. The van der Waals surface area contributed by atoms with Crippen LogP contribution in [0.1, 0.15) is 23.6 Å². The van der Waals surface area contributed by atoms with Gasteiger partial charge in [0.25, 0.3) is 0 Å². The fourth-order valence-corrected chi connectivity index (χ4v) is 3.61. The number of aromatic amines is 1. The second-order valence-corrected chi connectivity index (χ2v) is 6.40. The molecule has 5 rings (SSSR count). The first-order chi connectivity index (χ1) is 12.8. The monoisotopic (exact) mass is 344 g/mol. The summed E-state index contributed by atoms with van der Waals surface area (Å²) in [5.74, 6) is 0.868. The molecule has 26 heavy (non-hydrogen) atoms. The van der Waals surface area contributed by atoms with Gasteiger partial charge in [-0.1, -0.05) is 11.2 Å². The Bertz CT molecular complexity index is 1100. The van der Waals surface area contributed by atoms with Crippen LogP contribution < -0.4 is 5.32 Å². The Balaban J connectivity index is 1.60. The van der Waals surface area contributed by atoms with Crippen LogP contribution in [-0.2, 0) is 6.42 Å². The molecule has 0 aliphatic heterocycles. The highest BCUT2D eigenvalue weighted by molar-refractivity contribution is 5.78. The molecular weight excluding hydrogens is 328 g/mol. The van der Waals surface area contributed by atoms with Crippen molar-refractivity contribution in [1.82, 2.24) is 19.4 Å². The largest absolute Gasteiger partial charge is 0.360 e. The predicted octanol–water partition coefficient (Wildman–Crippen LogP) is 4.22. The van der Waals surface area contributed by atoms with Gasteiger partial charge in [0.1, 0.15) is 17.6 Å². The predicted molar refractivity (Wildman–Crippen MR) is 99.4 cm³/mol. The summed E-state index contributed by atoms with van der Waals surface area (Å²) in [6.45, 7) is 0. The summed E-state index contributed by atoms with van der Waals surface area (Å²) in [7, 11) is 0. The molecule has 1 atom stereocenters. The van der Waals surface area contributed by atoms with Gasteiger partial charge < -0.3 is 10.3 Å². The molecule has 7 heteroatoms. The first-order valence-corrected chi connectivity index (χ1v) is 8.51. The summed E-state index contributed by atoms with van der Waals surface area (Å²) in [4.78, 5) is 23.0. The van der Waals surface area contributed by atoms with E-state index >= 15 is 0 Å². The van der Waals surface area contributed by atoms with Crippen LogP contribution in [0.15, 0.2) is 60.3 Å². The van der Waals surface area contributed by atoms with Crippen LogP contribution in [0.25, 0.3) is 17.0 Å². The van der Waals surface area contributed by atoms with Crippen molar-refractivity contribution in [2.45, 2.75) is 18.9 Å². The lowest BCUT2D eigenvalue weighted by molar-refractivity contribution is 0.710. The van der Waals surface area contributed by atoms with Crippen molar-refractivity contribution >= 4 is 17.2 Å². The van der Waals surface area contributed by atoms with E-state index in [0.29, 0.717) is 0 Å². The van der Waals surface area contributed by atoms with Gasteiger partial charge in [-0.2, -0.15) is 4.91 Å². The normalized spacial score (nSPS) is 15.9. The van der Waals surface area contributed by atoms with E-state index in [2.05, 4.69) is 26.5 Å². The summed E-state index contributed by atoms with van der Waals surface area (Å²) in [6.07, 6.45) is 8.90. The van der Waals surface area contributed by atoms with Gasteiger partial charge in [0.2, 0.25) is 0 Å². The van der Waals surface area contributed by atoms with E-state index in [0.717, 1.165) is 46.9 Å². The van der Waals surface area contributed by atoms with E-state index in [9.17, 15) is 4.91 Å². The minimum atomic E-state index is -0.213. The van der Waals surface area contributed by atoms with Crippen LogP contribution >= 0.6 is 0 Å². The van der Waals surface area contributed by atoms with Gasteiger partial charge in [0.15, 0.2) is 5.65 Å². The van der Waals surface area contributed by atoms with E-state index in [-0.39, 0.29) is 6.04 Å². The van der Waals surface area contributed by atoms with E-state index in [1.807, 2.05) is 41.1 Å². The zero-order chi connectivity index (χ0) is 17.5. The van der Waals surface area contributed by atoms with Gasteiger partial charge in [-0.15, -0.1) is 0 Å². The standard InChI is InChI=1S/C19H16N6O/c26-24-15-6-3-12-10-13(4-5-14(12)15)22-19-18(16-2-1-7-21-16)23-17-11-20-8-9-25(17)19/h1-2,4-5,7-11,15,21-22H,3,6H2. The number of aryl methyl sites for hydroxylation is 1. The number of rotatable bonds is 4. The first kappa shape index (κ1) is 14.8. The fourth-order valence-electron chi connectivity index (χ4n) is 3.61. The van der Waals surface area contributed by atoms with Crippen molar-refractivity contribution in [3.05, 3.63) is 71.2 Å². The Morgan fingerprint density at radius 3 is 3.12 bits per heavy atom. The van der Waals surface area contributed by atoms with Crippen molar-refractivity contribution in [3.63, 3.8) is 0 Å². The van der Waals surface area contributed by atoms with Crippen molar-refractivity contribution < 1.29 is 0 Å². The third-order valence-electron chi connectivity index (χ3n) is 4.86. The average Bonchev–Trinajstić information content (AvgIpc) is 3.40. The highest BCUT2D eigenvalue weighted by Gasteiger charge is 2.23. The first-order valence-electron chi connectivity index (χ1n) is 8.51. The number of anilines is 2. The van der Waals surface area contributed by atoms with Crippen LogP contribution in [0.2, 0.25) is 0 Å². The third kappa shape index (κ3) is 2.28. The second kappa shape index (κ2) is 5.80. The van der Waals surface area contributed by atoms with Gasteiger partial charge in [-0.05, 0) is 48.2 Å².